The zero-order valence-corrected chi connectivity index (χ0v) is 14.1. The van der Waals surface area contributed by atoms with Gasteiger partial charge in [0.15, 0.2) is 0 Å². The standard InChI is InChI=1S/C19H17N3O4/c1-13-7-8-15(22(25)26)11-16(13)20-17-12-18(23)21(19(17)24)10-9-14-5-3-2-4-6-14/h2-8,11-12,20H,9-10H2,1H3. The molecule has 1 N–H and O–H groups in total. The third-order valence-electron chi connectivity index (χ3n) is 4.18. The number of non-ortho nitro benzene ring substituents is 1. The largest absolute Gasteiger partial charge is 0.350 e. The van der Waals surface area contributed by atoms with E-state index < -0.39 is 16.7 Å². The van der Waals surface area contributed by atoms with Crippen LogP contribution in [0.3, 0.4) is 0 Å². The minimum Gasteiger partial charge on any atom is -0.350 e. The number of anilines is 1. The lowest BCUT2D eigenvalue weighted by Crippen LogP contribution is -2.33. The van der Waals surface area contributed by atoms with E-state index in [-0.39, 0.29) is 17.9 Å². The number of carbonyl (C=O) groups is 2. The summed E-state index contributed by atoms with van der Waals surface area (Å²) in [5.41, 5.74) is 2.23. The highest BCUT2D eigenvalue weighted by atomic mass is 16.6. The van der Waals surface area contributed by atoms with E-state index in [0.717, 1.165) is 11.1 Å². The molecule has 0 unspecified atom stereocenters. The molecule has 7 heteroatoms. The van der Waals surface area contributed by atoms with Gasteiger partial charge in [-0.15, -0.1) is 0 Å². The van der Waals surface area contributed by atoms with Crippen molar-refractivity contribution in [2.75, 3.05) is 11.9 Å². The van der Waals surface area contributed by atoms with Crippen molar-refractivity contribution in [1.82, 2.24) is 4.90 Å². The first kappa shape index (κ1) is 17.3. The molecule has 1 heterocycles. The van der Waals surface area contributed by atoms with Crippen LogP contribution in [0.2, 0.25) is 0 Å². The Labute approximate surface area is 150 Å². The maximum Gasteiger partial charge on any atom is 0.277 e. The number of amides is 2. The molecule has 0 fully saturated rings. The van der Waals surface area contributed by atoms with Gasteiger partial charge in [-0.25, -0.2) is 0 Å². The second-order valence-electron chi connectivity index (χ2n) is 5.97. The second-order valence-corrected chi connectivity index (χ2v) is 5.97. The highest BCUT2D eigenvalue weighted by Gasteiger charge is 2.31. The first-order valence-corrected chi connectivity index (χ1v) is 8.09. The molecule has 26 heavy (non-hydrogen) atoms. The molecule has 2 amide bonds. The van der Waals surface area contributed by atoms with Crippen molar-refractivity contribution >= 4 is 23.2 Å². The molecule has 0 saturated heterocycles. The highest BCUT2D eigenvalue weighted by Crippen LogP contribution is 2.25. The Morgan fingerprint density at radius 2 is 1.85 bits per heavy atom. The summed E-state index contributed by atoms with van der Waals surface area (Å²) in [7, 11) is 0. The number of nitro groups is 1. The van der Waals surface area contributed by atoms with Crippen molar-refractivity contribution in [3.05, 3.63) is 81.5 Å². The fourth-order valence-electron chi connectivity index (χ4n) is 2.70. The first-order chi connectivity index (χ1) is 12.5. The summed E-state index contributed by atoms with van der Waals surface area (Å²) < 4.78 is 0. The fraction of sp³-hybridized carbons (Fsp3) is 0.158. The topological polar surface area (TPSA) is 92.6 Å². The number of aryl methyl sites for hydroxylation is 1. The van der Waals surface area contributed by atoms with Crippen LogP contribution >= 0.6 is 0 Å². The van der Waals surface area contributed by atoms with Gasteiger partial charge in [0.05, 0.1) is 4.92 Å². The summed E-state index contributed by atoms with van der Waals surface area (Å²) in [6.07, 6.45) is 1.79. The fourth-order valence-corrected chi connectivity index (χ4v) is 2.70. The summed E-state index contributed by atoms with van der Waals surface area (Å²) in [5.74, 6) is -0.826. The van der Waals surface area contributed by atoms with Gasteiger partial charge in [-0.3, -0.25) is 24.6 Å². The summed E-state index contributed by atoms with van der Waals surface area (Å²) in [6.45, 7) is 2.04. The van der Waals surface area contributed by atoms with E-state index in [1.165, 1.54) is 23.1 Å². The molecule has 1 aliphatic heterocycles. The summed E-state index contributed by atoms with van der Waals surface area (Å²) in [5, 5.41) is 13.8. The van der Waals surface area contributed by atoms with Crippen LogP contribution in [0.1, 0.15) is 11.1 Å². The molecule has 3 rings (SSSR count). The third-order valence-corrected chi connectivity index (χ3v) is 4.18. The van der Waals surface area contributed by atoms with Crippen LogP contribution in [0.15, 0.2) is 60.3 Å². The Morgan fingerprint density at radius 3 is 2.54 bits per heavy atom. The molecule has 2 aromatic rings. The van der Waals surface area contributed by atoms with E-state index in [1.807, 2.05) is 30.3 Å². The molecular formula is C19H17N3O4. The van der Waals surface area contributed by atoms with Crippen molar-refractivity contribution in [3.8, 4) is 0 Å². The smallest absolute Gasteiger partial charge is 0.277 e. The van der Waals surface area contributed by atoms with Crippen molar-refractivity contribution < 1.29 is 14.5 Å². The van der Waals surface area contributed by atoms with Gasteiger partial charge in [0, 0.05) is 30.4 Å². The van der Waals surface area contributed by atoms with Crippen molar-refractivity contribution in [1.29, 1.82) is 0 Å². The molecule has 2 aromatic carbocycles. The van der Waals surface area contributed by atoms with Crippen LogP contribution in [0.5, 0.6) is 0 Å². The average molecular weight is 351 g/mol. The predicted molar refractivity (Wildman–Crippen MR) is 96.4 cm³/mol. The number of rotatable bonds is 6. The quantitative estimate of drug-likeness (QED) is 0.491. The monoisotopic (exact) mass is 351 g/mol. The Morgan fingerprint density at radius 1 is 1.12 bits per heavy atom. The van der Waals surface area contributed by atoms with E-state index in [2.05, 4.69) is 5.32 Å². The number of hydrogen-bond donors (Lipinski definition) is 1. The van der Waals surface area contributed by atoms with Crippen LogP contribution in [-0.4, -0.2) is 28.2 Å². The lowest BCUT2D eigenvalue weighted by atomic mass is 10.1. The molecule has 0 spiro atoms. The van der Waals surface area contributed by atoms with Gasteiger partial charge in [-0.05, 0) is 24.5 Å². The molecule has 0 aromatic heterocycles. The molecule has 0 saturated carbocycles. The van der Waals surface area contributed by atoms with E-state index in [9.17, 15) is 19.7 Å². The van der Waals surface area contributed by atoms with Crippen molar-refractivity contribution in [2.24, 2.45) is 0 Å². The van der Waals surface area contributed by atoms with Crippen LogP contribution in [0.4, 0.5) is 11.4 Å². The minimum atomic E-state index is -0.507. The first-order valence-electron chi connectivity index (χ1n) is 8.09. The SMILES string of the molecule is Cc1ccc([N+](=O)[O-])cc1NC1=CC(=O)N(CCc2ccccc2)C1=O. The number of carbonyl (C=O) groups excluding carboxylic acids is 2. The number of nitro benzene ring substituents is 1. The number of nitrogens with one attached hydrogen (secondary N) is 1. The Kier molecular flexibility index (Phi) is 4.79. The summed E-state index contributed by atoms with van der Waals surface area (Å²) >= 11 is 0. The second kappa shape index (κ2) is 7.18. The number of hydrogen-bond acceptors (Lipinski definition) is 5. The molecule has 0 atom stereocenters. The molecule has 132 valence electrons. The van der Waals surface area contributed by atoms with E-state index in [0.29, 0.717) is 12.1 Å². The third kappa shape index (κ3) is 3.61. The van der Waals surface area contributed by atoms with Crippen molar-refractivity contribution in [3.63, 3.8) is 0 Å². The van der Waals surface area contributed by atoms with Crippen LogP contribution in [0, 0.1) is 17.0 Å². The molecule has 7 nitrogen and oxygen atoms in total. The maximum absolute atomic E-state index is 12.5. The summed E-state index contributed by atoms with van der Waals surface area (Å²) in [4.78, 5) is 36.2. The van der Waals surface area contributed by atoms with E-state index in [1.54, 1.807) is 13.0 Å². The zero-order valence-electron chi connectivity index (χ0n) is 14.1. The molecule has 1 aliphatic rings. The van der Waals surface area contributed by atoms with Crippen molar-refractivity contribution in [2.45, 2.75) is 13.3 Å². The molecule has 0 aliphatic carbocycles. The van der Waals surface area contributed by atoms with Gasteiger partial charge in [0.2, 0.25) is 0 Å². The van der Waals surface area contributed by atoms with Gasteiger partial charge >= 0.3 is 0 Å². The van der Waals surface area contributed by atoms with Gasteiger partial charge in [-0.2, -0.15) is 0 Å². The lowest BCUT2D eigenvalue weighted by molar-refractivity contribution is -0.384. The van der Waals surface area contributed by atoms with E-state index in [4.69, 9.17) is 0 Å². The molecule has 0 radical (unpaired) electrons. The Balaban J connectivity index is 1.71. The van der Waals surface area contributed by atoms with E-state index >= 15 is 0 Å². The minimum absolute atomic E-state index is 0.0867. The normalized spacial score (nSPS) is 13.7. The van der Waals surface area contributed by atoms with Gasteiger partial charge < -0.3 is 5.32 Å². The summed E-state index contributed by atoms with van der Waals surface area (Å²) in [6, 6.07) is 13.9. The van der Waals surface area contributed by atoms with Gasteiger partial charge in [0.1, 0.15) is 5.70 Å². The highest BCUT2D eigenvalue weighted by molar-refractivity contribution is 6.17. The Hall–Kier alpha value is -3.48. The number of imide groups is 1. The Bertz CT molecular complexity index is 906. The molecule has 0 bridgehead atoms. The zero-order chi connectivity index (χ0) is 18.7. The van der Waals surface area contributed by atoms with Crippen LogP contribution in [0.25, 0.3) is 0 Å². The lowest BCUT2D eigenvalue weighted by Gasteiger charge is -2.15. The average Bonchev–Trinajstić information content (AvgIpc) is 2.89. The van der Waals surface area contributed by atoms with Gasteiger partial charge in [0.25, 0.3) is 17.5 Å². The van der Waals surface area contributed by atoms with Crippen LogP contribution in [-0.2, 0) is 16.0 Å². The maximum atomic E-state index is 12.5. The molecular weight excluding hydrogens is 334 g/mol. The number of nitrogens with zero attached hydrogens (tertiary/aromatic N) is 2. The van der Waals surface area contributed by atoms with Crippen LogP contribution < -0.4 is 5.32 Å². The van der Waals surface area contributed by atoms with Gasteiger partial charge in [-0.1, -0.05) is 36.4 Å². The predicted octanol–water partition coefficient (Wildman–Crippen LogP) is 2.81. The number of benzene rings is 2.